The lowest BCUT2D eigenvalue weighted by molar-refractivity contribution is -0.140. The summed E-state index contributed by atoms with van der Waals surface area (Å²) in [6.45, 7) is 4.88. The Morgan fingerprint density at radius 2 is 1.62 bits per heavy atom. The van der Waals surface area contributed by atoms with Crippen molar-refractivity contribution in [2.45, 2.75) is 57.1 Å². The highest BCUT2D eigenvalue weighted by Crippen LogP contribution is 2.27. The second-order valence-corrected chi connectivity index (χ2v) is 11.3. The summed E-state index contributed by atoms with van der Waals surface area (Å²) in [5.74, 6) is -1.23. The minimum atomic E-state index is -4.34. The third kappa shape index (κ3) is 7.38. The van der Waals surface area contributed by atoms with Crippen LogP contribution in [0.2, 0.25) is 0 Å². The van der Waals surface area contributed by atoms with Gasteiger partial charge in [-0.15, -0.1) is 0 Å². The van der Waals surface area contributed by atoms with E-state index in [4.69, 9.17) is 4.74 Å². The lowest BCUT2D eigenvalue weighted by Crippen LogP contribution is -2.53. The number of amides is 2. The predicted octanol–water partition coefficient (Wildman–Crippen LogP) is 4.75. The number of carbonyl (C=O) groups excluding carboxylic acids is 2. The monoisotopic (exact) mass is 569 g/mol. The number of rotatable bonds is 13. The fraction of sp³-hybridized carbons (Fsp3) is 0.333. The van der Waals surface area contributed by atoms with Gasteiger partial charge in [0.25, 0.3) is 10.0 Å². The van der Waals surface area contributed by atoms with E-state index >= 15 is 0 Å². The number of nitrogens with zero attached hydrogens (tertiary/aromatic N) is 2. The number of ether oxygens (including phenoxy) is 1. The van der Waals surface area contributed by atoms with Gasteiger partial charge in [0.15, 0.2) is 0 Å². The van der Waals surface area contributed by atoms with Gasteiger partial charge in [-0.1, -0.05) is 56.3 Å². The average Bonchev–Trinajstić information content (AvgIpc) is 2.96. The standard InChI is InChI=1S/C30H36FN3O5S/c1-5-22(3)32-30(36)27(6-2)33(20-23-13-12-14-24(19-23)39-4)29(35)21-34(28-18-11-10-17-26(28)31)40(37,38)25-15-8-7-9-16-25/h7-19,22,27H,5-6,20-21H2,1-4H3,(H,32,36)/t22-,27+/m1/s1. The largest absolute Gasteiger partial charge is 0.497 e. The molecule has 0 aliphatic carbocycles. The second-order valence-electron chi connectivity index (χ2n) is 9.39. The van der Waals surface area contributed by atoms with E-state index < -0.39 is 34.3 Å². The predicted molar refractivity (Wildman–Crippen MR) is 153 cm³/mol. The first-order chi connectivity index (χ1) is 19.1. The highest BCUT2D eigenvalue weighted by molar-refractivity contribution is 7.92. The second kappa shape index (κ2) is 13.9. The van der Waals surface area contributed by atoms with Crippen molar-refractivity contribution in [3.63, 3.8) is 0 Å². The van der Waals surface area contributed by atoms with Gasteiger partial charge >= 0.3 is 0 Å². The summed E-state index contributed by atoms with van der Waals surface area (Å²) < 4.78 is 48.5. The summed E-state index contributed by atoms with van der Waals surface area (Å²) in [6, 6.07) is 19.0. The molecule has 2 amide bonds. The molecule has 1 N–H and O–H groups in total. The molecule has 0 aromatic heterocycles. The maximum absolute atomic E-state index is 15.0. The number of halogens is 1. The van der Waals surface area contributed by atoms with E-state index in [0.717, 1.165) is 10.4 Å². The Bertz CT molecular complexity index is 1400. The van der Waals surface area contributed by atoms with Crippen LogP contribution in [0.3, 0.4) is 0 Å². The Morgan fingerprint density at radius 1 is 0.950 bits per heavy atom. The van der Waals surface area contributed by atoms with Crippen molar-refractivity contribution in [1.29, 1.82) is 0 Å². The molecule has 10 heteroatoms. The molecule has 0 aliphatic heterocycles. The molecule has 0 fully saturated rings. The van der Waals surface area contributed by atoms with Crippen LogP contribution in [0.25, 0.3) is 0 Å². The van der Waals surface area contributed by atoms with Crippen molar-refractivity contribution in [2.75, 3.05) is 18.0 Å². The molecule has 0 bridgehead atoms. The molecule has 0 spiro atoms. The molecule has 3 aromatic rings. The van der Waals surface area contributed by atoms with Gasteiger partial charge < -0.3 is 15.0 Å². The van der Waals surface area contributed by atoms with E-state index in [1.165, 1.54) is 42.3 Å². The van der Waals surface area contributed by atoms with E-state index in [1.54, 1.807) is 49.4 Å². The van der Waals surface area contributed by atoms with Gasteiger partial charge in [-0.05, 0) is 61.7 Å². The van der Waals surface area contributed by atoms with Gasteiger partial charge in [0, 0.05) is 12.6 Å². The van der Waals surface area contributed by atoms with E-state index in [1.807, 2.05) is 13.8 Å². The third-order valence-electron chi connectivity index (χ3n) is 6.61. The molecule has 0 aliphatic rings. The fourth-order valence-electron chi connectivity index (χ4n) is 4.22. The SMILES string of the molecule is CC[C@@H](C)NC(=O)[C@H](CC)N(Cc1cccc(OC)c1)C(=O)CN(c1ccccc1F)S(=O)(=O)c1ccccc1. The Morgan fingerprint density at radius 3 is 2.25 bits per heavy atom. The molecule has 3 rings (SSSR count). The molecule has 3 aromatic carbocycles. The Balaban J connectivity index is 2.07. The molecule has 40 heavy (non-hydrogen) atoms. The first-order valence-electron chi connectivity index (χ1n) is 13.2. The Labute approximate surface area is 235 Å². The maximum Gasteiger partial charge on any atom is 0.264 e. The number of anilines is 1. The van der Waals surface area contributed by atoms with E-state index in [2.05, 4.69) is 5.32 Å². The van der Waals surface area contributed by atoms with Crippen molar-refractivity contribution in [2.24, 2.45) is 0 Å². The van der Waals surface area contributed by atoms with Crippen molar-refractivity contribution in [1.82, 2.24) is 10.2 Å². The van der Waals surface area contributed by atoms with Gasteiger partial charge in [-0.2, -0.15) is 0 Å². The van der Waals surface area contributed by atoms with Crippen molar-refractivity contribution >= 4 is 27.5 Å². The van der Waals surface area contributed by atoms with Crippen LogP contribution < -0.4 is 14.4 Å². The Kier molecular flexibility index (Phi) is 10.7. The van der Waals surface area contributed by atoms with Gasteiger partial charge in [0.05, 0.1) is 17.7 Å². The normalized spacial score (nSPS) is 12.7. The van der Waals surface area contributed by atoms with Gasteiger partial charge in [0.1, 0.15) is 24.2 Å². The number of benzene rings is 3. The van der Waals surface area contributed by atoms with Crippen molar-refractivity contribution < 1.29 is 27.1 Å². The zero-order valence-electron chi connectivity index (χ0n) is 23.2. The molecule has 0 heterocycles. The van der Waals surface area contributed by atoms with Gasteiger partial charge in [0.2, 0.25) is 11.8 Å². The van der Waals surface area contributed by atoms with Crippen molar-refractivity contribution in [3.05, 3.63) is 90.2 Å². The molecule has 2 atom stereocenters. The van der Waals surface area contributed by atoms with Gasteiger partial charge in [-0.25, -0.2) is 12.8 Å². The molecular formula is C30H36FN3O5S. The molecular weight excluding hydrogens is 533 g/mol. The zero-order valence-corrected chi connectivity index (χ0v) is 24.0. The van der Waals surface area contributed by atoms with Gasteiger partial charge in [-0.3, -0.25) is 13.9 Å². The lowest BCUT2D eigenvalue weighted by Gasteiger charge is -2.33. The molecule has 214 valence electrons. The summed E-state index contributed by atoms with van der Waals surface area (Å²) in [5.41, 5.74) is 0.420. The lowest BCUT2D eigenvalue weighted by atomic mass is 10.1. The van der Waals surface area contributed by atoms with Crippen LogP contribution in [0.1, 0.15) is 39.2 Å². The highest BCUT2D eigenvalue weighted by atomic mass is 32.2. The maximum atomic E-state index is 15.0. The summed E-state index contributed by atoms with van der Waals surface area (Å²) in [5, 5.41) is 2.93. The topological polar surface area (TPSA) is 96.0 Å². The number of methoxy groups -OCH3 is 1. The van der Waals surface area contributed by atoms with E-state index in [9.17, 15) is 22.4 Å². The number of carbonyl (C=O) groups is 2. The van der Waals surface area contributed by atoms with E-state index in [-0.39, 0.29) is 35.5 Å². The van der Waals surface area contributed by atoms with Crippen LogP contribution >= 0.6 is 0 Å². The Hall–Kier alpha value is -3.92. The number of para-hydroxylation sites is 1. The summed E-state index contributed by atoms with van der Waals surface area (Å²) in [4.78, 5) is 28.6. The molecule has 0 saturated heterocycles. The highest BCUT2D eigenvalue weighted by Gasteiger charge is 2.34. The number of hydrogen-bond acceptors (Lipinski definition) is 5. The van der Waals surface area contributed by atoms with Crippen LogP contribution in [0.5, 0.6) is 5.75 Å². The number of sulfonamides is 1. The van der Waals surface area contributed by atoms with Crippen LogP contribution in [0.15, 0.2) is 83.8 Å². The van der Waals surface area contributed by atoms with Crippen LogP contribution in [-0.2, 0) is 26.2 Å². The summed E-state index contributed by atoms with van der Waals surface area (Å²) >= 11 is 0. The first kappa shape index (κ1) is 30.6. The minimum absolute atomic E-state index is 0.0129. The molecule has 0 saturated carbocycles. The first-order valence-corrected chi connectivity index (χ1v) is 14.6. The molecule has 8 nitrogen and oxygen atoms in total. The molecule has 0 unspecified atom stereocenters. The minimum Gasteiger partial charge on any atom is -0.497 e. The van der Waals surface area contributed by atoms with Crippen LogP contribution in [0.4, 0.5) is 10.1 Å². The zero-order chi connectivity index (χ0) is 29.3. The third-order valence-corrected chi connectivity index (χ3v) is 8.38. The van der Waals surface area contributed by atoms with E-state index in [0.29, 0.717) is 17.7 Å². The summed E-state index contributed by atoms with van der Waals surface area (Å²) in [6.07, 6.45) is 0.978. The van der Waals surface area contributed by atoms with Crippen LogP contribution in [-0.4, -0.2) is 50.9 Å². The fourth-order valence-corrected chi connectivity index (χ4v) is 5.66. The number of hydrogen-bond donors (Lipinski definition) is 1. The smallest absolute Gasteiger partial charge is 0.264 e. The van der Waals surface area contributed by atoms with Crippen molar-refractivity contribution in [3.8, 4) is 5.75 Å². The molecule has 0 radical (unpaired) electrons. The number of nitrogens with one attached hydrogen (secondary N) is 1. The van der Waals surface area contributed by atoms with Crippen LogP contribution in [0, 0.1) is 5.82 Å². The summed E-state index contributed by atoms with van der Waals surface area (Å²) in [7, 11) is -2.81. The quantitative estimate of drug-likeness (QED) is 0.321. The average molecular weight is 570 g/mol.